The van der Waals surface area contributed by atoms with Gasteiger partial charge in [-0.1, -0.05) is 12.1 Å². The number of halogens is 1. The minimum absolute atomic E-state index is 0.152. The first-order valence-electron chi connectivity index (χ1n) is 11.7. The molecule has 194 valence electrons. The van der Waals surface area contributed by atoms with Crippen molar-refractivity contribution in [3.63, 3.8) is 0 Å². The van der Waals surface area contributed by atoms with Gasteiger partial charge in [-0.05, 0) is 48.4 Å². The standard InChI is InChI=1S/C28H29FN2O6/c1-34-21-11-5-17(6-12-21)26-22(28(33)30-19-9-7-18(29)8-10-19)13-14-25(32)31(26)20-15-23(35-2)27(37-4)24(16-20)36-3/h5-12,15-16,22,26H,13-14H2,1-4H3,(H,30,33)/t22-,26-/m0/s1. The summed E-state index contributed by atoms with van der Waals surface area (Å²) < 4.78 is 35.1. The molecular weight excluding hydrogens is 479 g/mol. The van der Waals surface area contributed by atoms with Crippen LogP contribution in [-0.4, -0.2) is 40.3 Å². The molecule has 8 nitrogen and oxygen atoms in total. The first-order valence-corrected chi connectivity index (χ1v) is 11.7. The Morgan fingerprint density at radius 1 is 0.892 bits per heavy atom. The normalized spacial score (nSPS) is 17.2. The Labute approximate surface area is 214 Å². The summed E-state index contributed by atoms with van der Waals surface area (Å²) in [7, 11) is 6.07. The van der Waals surface area contributed by atoms with E-state index in [4.69, 9.17) is 18.9 Å². The van der Waals surface area contributed by atoms with Crippen LogP contribution in [-0.2, 0) is 9.59 Å². The second kappa shape index (κ2) is 11.2. The number of piperidine rings is 1. The van der Waals surface area contributed by atoms with Gasteiger partial charge in [-0.2, -0.15) is 0 Å². The van der Waals surface area contributed by atoms with Gasteiger partial charge in [0.25, 0.3) is 0 Å². The van der Waals surface area contributed by atoms with E-state index in [9.17, 15) is 14.0 Å². The highest BCUT2D eigenvalue weighted by atomic mass is 19.1. The Balaban J connectivity index is 1.81. The van der Waals surface area contributed by atoms with Gasteiger partial charge in [0.1, 0.15) is 11.6 Å². The number of amides is 2. The summed E-state index contributed by atoms with van der Waals surface area (Å²) in [4.78, 5) is 28.6. The lowest BCUT2D eigenvalue weighted by molar-refractivity contribution is -0.125. The molecule has 3 aromatic carbocycles. The highest BCUT2D eigenvalue weighted by Gasteiger charge is 2.42. The van der Waals surface area contributed by atoms with Crippen molar-refractivity contribution >= 4 is 23.2 Å². The number of benzene rings is 3. The van der Waals surface area contributed by atoms with Crippen LogP contribution in [0.5, 0.6) is 23.0 Å². The fourth-order valence-electron chi connectivity index (χ4n) is 4.63. The number of methoxy groups -OCH3 is 4. The van der Waals surface area contributed by atoms with Crippen molar-refractivity contribution in [1.29, 1.82) is 0 Å². The second-order valence-electron chi connectivity index (χ2n) is 8.51. The number of nitrogens with one attached hydrogen (secondary N) is 1. The maximum atomic E-state index is 13.6. The van der Waals surface area contributed by atoms with Gasteiger partial charge in [0, 0.05) is 24.2 Å². The molecule has 1 aliphatic rings. The average Bonchev–Trinajstić information content (AvgIpc) is 2.93. The lowest BCUT2D eigenvalue weighted by Gasteiger charge is -2.41. The van der Waals surface area contributed by atoms with Gasteiger partial charge in [0.2, 0.25) is 17.6 Å². The highest BCUT2D eigenvalue weighted by molar-refractivity contribution is 6.00. The van der Waals surface area contributed by atoms with Crippen LogP contribution in [0.15, 0.2) is 60.7 Å². The predicted octanol–water partition coefficient (Wildman–Crippen LogP) is 4.98. The van der Waals surface area contributed by atoms with Crippen molar-refractivity contribution in [2.24, 2.45) is 5.92 Å². The van der Waals surface area contributed by atoms with E-state index in [1.165, 1.54) is 45.6 Å². The average molecular weight is 509 g/mol. The monoisotopic (exact) mass is 508 g/mol. The van der Waals surface area contributed by atoms with Gasteiger partial charge in [-0.25, -0.2) is 4.39 Å². The van der Waals surface area contributed by atoms with Crippen molar-refractivity contribution < 1.29 is 32.9 Å². The molecule has 0 aromatic heterocycles. The van der Waals surface area contributed by atoms with Crippen LogP contribution in [0, 0.1) is 11.7 Å². The van der Waals surface area contributed by atoms with Gasteiger partial charge in [-0.15, -0.1) is 0 Å². The van der Waals surface area contributed by atoms with Crippen LogP contribution in [0.2, 0.25) is 0 Å². The lowest BCUT2D eigenvalue weighted by atomic mass is 9.83. The van der Waals surface area contributed by atoms with Crippen LogP contribution < -0.4 is 29.2 Å². The number of anilines is 2. The Morgan fingerprint density at radius 2 is 1.51 bits per heavy atom. The van der Waals surface area contributed by atoms with Gasteiger partial charge < -0.3 is 29.2 Å². The van der Waals surface area contributed by atoms with Gasteiger partial charge >= 0.3 is 0 Å². The molecule has 0 spiro atoms. The molecule has 4 rings (SSSR count). The number of carbonyl (C=O) groups is 2. The third-order valence-electron chi connectivity index (χ3n) is 6.43. The Morgan fingerprint density at radius 3 is 2.05 bits per heavy atom. The fourth-order valence-corrected chi connectivity index (χ4v) is 4.63. The van der Waals surface area contributed by atoms with Crippen LogP contribution in [0.3, 0.4) is 0 Å². The summed E-state index contributed by atoms with van der Waals surface area (Å²) in [5, 5.41) is 2.87. The minimum atomic E-state index is -0.643. The fraction of sp³-hybridized carbons (Fsp3) is 0.286. The SMILES string of the molecule is COc1ccc([C@H]2[C@@H](C(=O)Nc3ccc(F)cc3)CCC(=O)N2c2cc(OC)c(OC)c(OC)c2)cc1. The molecule has 9 heteroatoms. The summed E-state index contributed by atoms with van der Waals surface area (Å²) in [5.41, 5.74) is 1.72. The molecule has 0 saturated carbocycles. The van der Waals surface area contributed by atoms with Crippen molar-refractivity contribution in [1.82, 2.24) is 0 Å². The van der Waals surface area contributed by atoms with Crippen molar-refractivity contribution in [2.75, 3.05) is 38.7 Å². The van der Waals surface area contributed by atoms with Gasteiger partial charge in [-0.3, -0.25) is 9.59 Å². The molecule has 0 bridgehead atoms. The smallest absolute Gasteiger partial charge is 0.229 e. The first-order chi connectivity index (χ1) is 17.9. The largest absolute Gasteiger partial charge is 0.497 e. The molecule has 1 saturated heterocycles. The third kappa shape index (κ3) is 5.30. The molecule has 0 aliphatic carbocycles. The molecule has 1 fully saturated rings. The Bertz CT molecular complexity index is 1240. The van der Waals surface area contributed by atoms with Gasteiger partial charge in [0.05, 0.1) is 46.1 Å². The van der Waals surface area contributed by atoms with Crippen LogP contribution in [0.25, 0.3) is 0 Å². The summed E-state index contributed by atoms with van der Waals surface area (Å²) in [6.45, 7) is 0. The quantitative estimate of drug-likeness (QED) is 0.462. The van der Waals surface area contributed by atoms with E-state index in [0.717, 1.165) is 5.56 Å². The van der Waals surface area contributed by atoms with E-state index < -0.39 is 17.8 Å². The number of nitrogens with zero attached hydrogens (tertiary/aromatic N) is 1. The zero-order valence-electron chi connectivity index (χ0n) is 21.1. The lowest BCUT2D eigenvalue weighted by Crippen LogP contribution is -2.47. The van der Waals surface area contributed by atoms with E-state index in [2.05, 4.69) is 5.32 Å². The third-order valence-corrected chi connectivity index (χ3v) is 6.43. The topological polar surface area (TPSA) is 86.3 Å². The molecule has 1 N–H and O–H groups in total. The number of hydrogen-bond acceptors (Lipinski definition) is 6. The summed E-state index contributed by atoms with van der Waals surface area (Å²) in [5.74, 6) is 0.383. The van der Waals surface area contributed by atoms with E-state index in [1.807, 2.05) is 12.1 Å². The minimum Gasteiger partial charge on any atom is -0.497 e. The van der Waals surface area contributed by atoms with Crippen LogP contribution >= 0.6 is 0 Å². The number of carbonyl (C=O) groups excluding carboxylic acids is 2. The van der Waals surface area contributed by atoms with E-state index in [-0.39, 0.29) is 18.2 Å². The maximum Gasteiger partial charge on any atom is 0.229 e. The molecule has 0 radical (unpaired) electrons. The van der Waals surface area contributed by atoms with E-state index in [0.29, 0.717) is 40.8 Å². The molecule has 37 heavy (non-hydrogen) atoms. The first kappa shape index (κ1) is 25.8. The summed E-state index contributed by atoms with van der Waals surface area (Å²) in [6, 6.07) is 15.6. The zero-order chi connectivity index (χ0) is 26.5. The van der Waals surface area contributed by atoms with Crippen molar-refractivity contribution in [3.05, 3.63) is 72.0 Å². The summed E-state index contributed by atoms with van der Waals surface area (Å²) in [6.07, 6.45) is 0.494. The van der Waals surface area contributed by atoms with Gasteiger partial charge in [0.15, 0.2) is 11.5 Å². The molecule has 3 aromatic rings. The van der Waals surface area contributed by atoms with Crippen LogP contribution in [0.4, 0.5) is 15.8 Å². The highest BCUT2D eigenvalue weighted by Crippen LogP contribution is 2.46. The van der Waals surface area contributed by atoms with Crippen LogP contribution in [0.1, 0.15) is 24.4 Å². The maximum absolute atomic E-state index is 13.6. The molecule has 0 unspecified atom stereocenters. The number of hydrogen-bond donors (Lipinski definition) is 1. The number of rotatable bonds is 8. The van der Waals surface area contributed by atoms with Crippen molar-refractivity contribution in [2.45, 2.75) is 18.9 Å². The Hall–Kier alpha value is -4.27. The molecular formula is C28H29FN2O6. The molecule has 2 amide bonds. The van der Waals surface area contributed by atoms with E-state index >= 15 is 0 Å². The number of ether oxygens (including phenoxy) is 4. The second-order valence-corrected chi connectivity index (χ2v) is 8.51. The van der Waals surface area contributed by atoms with Crippen molar-refractivity contribution in [3.8, 4) is 23.0 Å². The predicted molar refractivity (Wildman–Crippen MR) is 137 cm³/mol. The molecule has 1 heterocycles. The Kier molecular flexibility index (Phi) is 7.81. The molecule has 2 atom stereocenters. The molecule has 1 aliphatic heterocycles. The summed E-state index contributed by atoms with van der Waals surface area (Å²) >= 11 is 0. The van der Waals surface area contributed by atoms with E-state index in [1.54, 1.807) is 36.3 Å². The zero-order valence-corrected chi connectivity index (χ0v) is 21.1.